The molecule has 0 saturated carbocycles. The zero-order valence-electron chi connectivity index (χ0n) is 15.4. The summed E-state index contributed by atoms with van der Waals surface area (Å²) in [4.78, 5) is 30.9. The van der Waals surface area contributed by atoms with Crippen molar-refractivity contribution < 1.29 is 18.7 Å². The number of terminal acetylenes is 1. The number of hydrogen-bond donors (Lipinski definition) is 1. The maximum atomic E-state index is 13.9. The Bertz CT molecular complexity index is 962. The fourth-order valence-electron chi connectivity index (χ4n) is 3.11. The number of amidine groups is 1. The van der Waals surface area contributed by atoms with Crippen LogP contribution in [0.1, 0.15) is 24.9 Å². The molecule has 0 radical (unpaired) electrons. The summed E-state index contributed by atoms with van der Waals surface area (Å²) >= 11 is 1.34. The van der Waals surface area contributed by atoms with Gasteiger partial charge >= 0.3 is 5.97 Å². The molecule has 2 aliphatic heterocycles. The number of allylic oxidation sites excluding steroid dienone is 1. The van der Waals surface area contributed by atoms with Gasteiger partial charge in [-0.1, -0.05) is 29.8 Å². The van der Waals surface area contributed by atoms with Gasteiger partial charge in [0.05, 0.1) is 37.4 Å². The average molecular weight is 399 g/mol. The summed E-state index contributed by atoms with van der Waals surface area (Å²) in [6.07, 6.45) is 5.23. The number of nitrogens with one attached hydrogen (secondary N) is 1. The van der Waals surface area contributed by atoms with Crippen LogP contribution < -0.4 is 5.32 Å². The summed E-state index contributed by atoms with van der Waals surface area (Å²) in [5, 5.41) is 5.03. The topological polar surface area (TPSA) is 71.0 Å². The number of carbonyl (C=O) groups is 2. The second-order valence-electron chi connectivity index (χ2n) is 6.10. The highest BCUT2D eigenvalue weighted by molar-refractivity contribution is 8.16. The Morgan fingerprint density at radius 2 is 2.25 bits per heavy atom. The highest BCUT2D eigenvalue weighted by atomic mass is 32.2. The Morgan fingerprint density at radius 3 is 2.93 bits per heavy atom. The van der Waals surface area contributed by atoms with Crippen molar-refractivity contribution in [1.29, 1.82) is 0 Å². The van der Waals surface area contributed by atoms with Crippen LogP contribution in [0.2, 0.25) is 0 Å². The highest BCUT2D eigenvalue weighted by Gasteiger charge is 2.41. The third-order valence-electron chi connectivity index (χ3n) is 4.30. The predicted molar refractivity (Wildman–Crippen MR) is 105 cm³/mol. The Labute approximate surface area is 166 Å². The number of aliphatic imine (C=N–C) groups is 1. The average Bonchev–Trinajstić information content (AvgIpc) is 3.06. The molecule has 6 nitrogen and oxygen atoms in total. The van der Waals surface area contributed by atoms with E-state index in [1.54, 1.807) is 29.4 Å². The van der Waals surface area contributed by atoms with Gasteiger partial charge < -0.3 is 15.0 Å². The van der Waals surface area contributed by atoms with Crippen molar-refractivity contribution in [2.75, 3.05) is 13.7 Å². The van der Waals surface area contributed by atoms with Crippen molar-refractivity contribution in [3.05, 3.63) is 58.0 Å². The lowest BCUT2D eigenvalue weighted by Crippen LogP contribution is -2.38. The third-order valence-corrected chi connectivity index (χ3v) is 5.19. The molecule has 0 fully saturated rings. The van der Waals surface area contributed by atoms with Gasteiger partial charge in [0, 0.05) is 5.70 Å². The summed E-state index contributed by atoms with van der Waals surface area (Å²) in [6, 6.07) is 5.34. The van der Waals surface area contributed by atoms with Gasteiger partial charge in [-0.05, 0) is 30.0 Å². The van der Waals surface area contributed by atoms with Crippen molar-refractivity contribution in [1.82, 2.24) is 10.2 Å². The fraction of sp³-hybridized carbons (Fsp3) is 0.250. The largest absolute Gasteiger partial charge is 0.466 e. The van der Waals surface area contributed by atoms with Gasteiger partial charge in [-0.3, -0.25) is 4.79 Å². The monoisotopic (exact) mass is 399 g/mol. The molecule has 8 heteroatoms. The van der Waals surface area contributed by atoms with E-state index in [2.05, 4.69) is 16.2 Å². The zero-order valence-corrected chi connectivity index (χ0v) is 16.2. The molecule has 0 saturated heterocycles. The first-order valence-corrected chi connectivity index (χ1v) is 9.32. The molecule has 28 heavy (non-hydrogen) atoms. The van der Waals surface area contributed by atoms with E-state index in [9.17, 15) is 14.0 Å². The number of methoxy groups -OCH3 is 1. The Hall–Kier alpha value is -3.05. The van der Waals surface area contributed by atoms with Gasteiger partial charge in [0.25, 0.3) is 0 Å². The molecule has 0 spiro atoms. The van der Waals surface area contributed by atoms with Gasteiger partial charge in [0.2, 0.25) is 5.91 Å². The number of benzene rings is 1. The van der Waals surface area contributed by atoms with Crippen LogP contribution in [-0.4, -0.2) is 35.6 Å². The fourth-order valence-corrected chi connectivity index (χ4v) is 4.07. The lowest BCUT2D eigenvalue weighted by Gasteiger charge is -2.36. The normalized spacial score (nSPS) is 18.1. The number of thioether (sulfide) groups is 1. The summed E-state index contributed by atoms with van der Waals surface area (Å²) in [6.45, 7) is 1.83. The van der Waals surface area contributed by atoms with E-state index in [1.807, 2.05) is 0 Å². The molecule has 144 valence electrons. The second kappa shape index (κ2) is 8.31. The van der Waals surface area contributed by atoms with Crippen LogP contribution in [0.5, 0.6) is 0 Å². The van der Waals surface area contributed by atoms with E-state index >= 15 is 0 Å². The van der Waals surface area contributed by atoms with Crippen LogP contribution in [0, 0.1) is 18.2 Å². The first kappa shape index (κ1) is 19.7. The second-order valence-corrected chi connectivity index (χ2v) is 6.93. The van der Waals surface area contributed by atoms with Gasteiger partial charge in [-0.25, -0.2) is 14.2 Å². The SMILES string of the molecule is C#CCNC(=O)CC1=CSC2=NC(C)=C(C(=O)OC)C(c3cccc(F)c3)N12. The molecule has 1 aromatic carbocycles. The lowest BCUT2D eigenvalue weighted by atomic mass is 9.94. The summed E-state index contributed by atoms with van der Waals surface area (Å²) in [5.41, 5.74) is 1.99. The molecule has 1 amide bonds. The lowest BCUT2D eigenvalue weighted by molar-refractivity contribution is -0.136. The van der Waals surface area contributed by atoms with E-state index in [0.29, 0.717) is 27.7 Å². The number of halogens is 1. The van der Waals surface area contributed by atoms with E-state index in [0.717, 1.165) is 0 Å². The molecule has 1 N–H and O–H groups in total. The summed E-state index contributed by atoms with van der Waals surface area (Å²) in [7, 11) is 1.28. The van der Waals surface area contributed by atoms with Gasteiger partial charge in [-0.2, -0.15) is 0 Å². The molecule has 3 rings (SSSR count). The first-order chi connectivity index (χ1) is 13.5. The predicted octanol–water partition coefficient (Wildman–Crippen LogP) is 2.71. The standard InChI is InChI=1S/C20H18FN3O3S/c1-4-8-22-16(25)10-15-11-28-20-23-12(2)17(19(26)27-3)18(24(15)20)13-6-5-7-14(21)9-13/h1,5-7,9,11,18H,8,10H2,2-3H3,(H,22,25). The molecule has 0 bridgehead atoms. The minimum absolute atomic E-state index is 0.0486. The van der Waals surface area contributed by atoms with Crippen LogP contribution >= 0.6 is 11.8 Å². The first-order valence-electron chi connectivity index (χ1n) is 8.44. The molecule has 1 unspecified atom stereocenters. The highest BCUT2D eigenvalue weighted by Crippen LogP contribution is 2.44. The van der Waals surface area contributed by atoms with Crippen LogP contribution in [-0.2, 0) is 14.3 Å². The quantitative estimate of drug-likeness (QED) is 0.609. The van der Waals surface area contributed by atoms with Crippen molar-refractivity contribution in [2.24, 2.45) is 4.99 Å². The van der Waals surface area contributed by atoms with Crippen LogP contribution in [0.4, 0.5) is 4.39 Å². The maximum Gasteiger partial charge on any atom is 0.338 e. The Balaban J connectivity index is 2.03. The molecule has 0 aliphatic carbocycles. The minimum Gasteiger partial charge on any atom is -0.466 e. The maximum absolute atomic E-state index is 13.9. The number of amides is 1. The van der Waals surface area contributed by atoms with Crippen molar-refractivity contribution in [3.8, 4) is 12.3 Å². The number of esters is 1. The number of rotatable bonds is 5. The van der Waals surface area contributed by atoms with E-state index in [-0.39, 0.29) is 18.9 Å². The molecular formula is C20H18FN3O3S. The number of nitrogens with zero attached hydrogens (tertiary/aromatic N) is 2. The van der Waals surface area contributed by atoms with Crippen LogP contribution in [0.25, 0.3) is 0 Å². The van der Waals surface area contributed by atoms with E-state index in [4.69, 9.17) is 11.2 Å². The van der Waals surface area contributed by atoms with Crippen molar-refractivity contribution >= 4 is 28.8 Å². The molecule has 1 atom stereocenters. The van der Waals surface area contributed by atoms with Gasteiger partial charge in [0.1, 0.15) is 5.82 Å². The Morgan fingerprint density at radius 1 is 1.46 bits per heavy atom. The molecule has 2 aliphatic rings. The summed E-state index contributed by atoms with van der Waals surface area (Å²) < 4.78 is 18.9. The number of hydrogen-bond acceptors (Lipinski definition) is 6. The van der Waals surface area contributed by atoms with E-state index < -0.39 is 17.8 Å². The third kappa shape index (κ3) is 3.80. The number of ether oxygens (including phenoxy) is 1. The number of carbonyl (C=O) groups excluding carboxylic acids is 2. The van der Waals surface area contributed by atoms with E-state index in [1.165, 1.54) is 31.0 Å². The summed E-state index contributed by atoms with van der Waals surface area (Å²) in [5.74, 6) is 1.12. The number of fused-ring (bicyclic) bond motifs is 1. The van der Waals surface area contributed by atoms with Crippen molar-refractivity contribution in [2.45, 2.75) is 19.4 Å². The van der Waals surface area contributed by atoms with Crippen LogP contribution in [0.3, 0.4) is 0 Å². The van der Waals surface area contributed by atoms with Gasteiger partial charge in [0.15, 0.2) is 5.17 Å². The zero-order chi connectivity index (χ0) is 20.3. The van der Waals surface area contributed by atoms with Gasteiger partial charge in [-0.15, -0.1) is 6.42 Å². The minimum atomic E-state index is -0.655. The molecule has 2 heterocycles. The molecular weight excluding hydrogens is 381 g/mol. The van der Waals surface area contributed by atoms with Crippen LogP contribution in [0.15, 0.2) is 51.6 Å². The Kier molecular flexibility index (Phi) is 5.85. The van der Waals surface area contributed by atoms with Crippen molar-refractivity contribution in [3.63, 3.8) is 0 Å². The smallest absolute Gasteiger partial charge is 0.338 e. The molecule has 0 aromatic heterocycles. The molecule has 1 aromatic rings.